The van der Waals surface area contributed by atoms with E-state index in [1.165, 1.54) is 18.3 Å². The second-order valence-electron chi connectivity index (χ2n) is 8.30. The molecule has 2 aliphatic rings. The van der Waals surface area contributed by atoms with Crippen molar-refractivity contribution in [3.8, 4) is 0 Å². The fraction of sp³-hybridized carbons (Fsp3) is 0.650. The van der Waals surface area contributed by atoms with Crippen LogP contribution in [0.3, 0.4) is 0 Å². The number of aliphatic hydroxyl groups excluding tert-OH is 1. The van der Waals surface area contributed by atoms with E-state index in [2.05, 4.69) is 10.3 Å². The number of β-amino-alcohol motifs (C(OH)–C–C–N with tert-alkyl or cyclic N) is 1. The van der Waals surface area contributed by atoms with Crippen LogP contribution in [0, 0.1) is 5.41 Å². The Bertz CT molecular complexity index is 870. The number of carbonyl (C=O) groups excluding carboxylic acids is 2. The van der Waals surface area contributed by atoms with E-state index in [1.807, 2.05) is 6.92 Å². The van der Waals surface area contributed by atoms with Crippen LogP contribution < -0.4 is 11.1 Å². The van der Waals surface area contributed by atoms with E-state index in [-0.39, 0.29) is 36.9 Å². The lowest BCUT2D eigenvalue weighted by Gasteiger charge is -2.40. The number of rotatable bonds is 5. The first-order valence-corrected chi connectivity index (χ1v) is 11.9. The number of hydrogen-bond acceptors (Lipinski definition) is 7. The Kier molecular flexibility index (Phi) is 6.78. The van der Waals surface area contributed by atoms with Gasteiger partial charge < -0.3 is 16.2 Å². The van der Waals surface area contributed by atoms with Crippen molar-refractivity contribution in [1.29, 1.82) is 0 Å². The van der Waals surface area contributed by atoms with Crippen LogP contribution in [-0.2, 0) is 19.6 Å². The van der Waals surface area contributed by atoms with Gasteiger partial charge in [-0.25, -0.2) is 9.29 Å². The highest BCUT2D eigenvalue weighted by Crippen LogP contribution is 2.40. The largest absolute Gasteiger partial charge is 0.390 e. The molecule has 0 bridgehead atoms. The van der Waals surface area contributed by atoms with E-state index in [0.29, 0.717) is 19.3 Å². The van der Waals surface area contributed by atoms with Crippen LogP contribution in [0.1, 0.15) is 51.9 Å². The molecule has 2 amide bonds. The Morgan fingerprint density at radius 2 is 1.93 bits per heavy atom. The SMILES string of the molecule is C[C@@H]1CC[C@H](N(C(=O)C2(C(N)=O)CCCCC2)S(=O)(=O)c2ccccn2)[C@@H](O)CN1. The lowest BCUT2D eigenvalue weighted by atomic mass is 9.72. The van der Waals surface area contributed by atoms with Gasteiger partial charge in [0.2, 0.25) is 5.91 Å². The molecule has 2 heterocycles. The van der Waals surface area contributed by atoms with E-state index in [0.717, 1.165) is 10.7 Å². The smallest absolute Gasteiger partial charge is 0.284 e. The number of pyridine rings is 1. The summed E-state index contributed by atoms with van der Waals surface area (Å²) in [5.41, 5.74) is 4.08. The minimum Gasteiger partial charge on any atom is -0.390 e. The summed E-state index contributed by atoms with van der Waals surface area (Å²) in [6.45, 7) is 2.07. The van der Waals surface area contributed by atoms with Gasteiger partial charge in [0.25, 0.3) is 15.9 Å². The number of sulfonamides is 1. The molecule has 4 N–H and O–H groups in total. The minimum atomic E-state index is -4.41. The van der Waals surface area contributed by atoms with Gasteiger partial charge in [-0.05, 0) is 44.7 Å². The molecule has 1 aliphatic heterocycles. The van der Waals surface area contributed by atoms with Gasteiger partial charge in [-0.15, -0.1) is 0 Å². The highest BCUT2D eigenvalue weighted by atomic mass is 32.2. The van der Waals surface area contributed by atoms with E-state index in [4.69, 9.17) is 5.73 Å². The standard InChI is InChI=1S/C20H30N4O5S/c1-14-8-9-15(16(25)13-23-14)24(30(28,29)17-7-3-6-12-22-17)19(27)20(18(21)26)10-4-2-5-11-20/h3,6-7,12,14-16,23,25H,2,4-5,8-11,13H2,1H3,(H2,21,26)/t14-,15+,16+/m1/s1. The number of nitrogens with two attached hydrogens (primary N) is 1. The van der Waals surface area contributed by atoms with Gasteiger partial charge in [-0.1, -0.05) is 25.3 Å². The normalized spacial score (nSPS) is 27.1. The summed E-state index contributed by atoms with van der Waals surface area (Å²) in [4.78, 5) is 30.2. The molecule has 2 fully saturated rings. The first-order chi connectivity index (χ1) is 14.2. The lowest BCUT2D eigenvalue weighted by Crippen LogP contribution is -2.59. The number of carbonyl (C=O) groups is 2. The van der Waals surface area contributed by atoms with Crippen molar-refractivity contribution >= 4 is 21.8 Å². The molecule has 0 aromatic carbocycles. The van der Waals surface area contributed by atoms with Gasteiger partial charge in [0.1, 0.15) is 5.41 Å². The van der Waals surface area contributed by atoms with Gasteiger partial charge in [-0.3, -0.25) is 9.59 Å². The molecule has 0 spiro atoms. The maximum absolute atomic E-state index is 13.8. The molecule has 3 atom stereocenters. The molecule has 166 valence electrons. The first-order valence-electron chi connectivity index (χ1n) is 10.4. The summed E-state index contributed by atoms with van der Waals surface area (Å²) >= 11 is 0. The molecule has 30 heavy (non-hydrogen) atoms. The molecule has 3 rings (SSSR count). The van der Waals surface area contributed by atoms with Crippen LogP contribution in [0.5, 0.6) is 0 Å². The summed E-state index contributed by atoms with van der Waals surface area (Å²) in [6, 6.07) is 3.43. The number of amides is 2. The van der Waals surface area contributed by atoms with Crippen molar-refractivity contribution in [2.45, 2.75) is 75.1 Å². The summed E-state index contributed by atoms with van der Waals surface area (Å²) in [6.07, 6.45) is 3.51. The number of primary amides is 1. The van der Waals surface area contributed by atoms with Gasteiger partial charge in [0, 0.05) is 18.8 Å². The first kappa shape index (κ1) is 22.6. The third-order valence-corrected chi connectivity index (χ3v) is 7.99. The van der Waals surface area contributed by atoms with Crippen molar-refractivity contribution < 1.29 is 23.1 Å². The molecule has 1 aliphatic carbocycles. The lowest BCUT2D eigenvalue weighted by molar-refractivity contribution is -0.150. The van der Waals surface area contributed by atoms with Gasteiger partial charge >= 0.3 is 0 Å². The van der Waals surface area contributed by atoms with Crippen LogP contribution in [0.4, 0.5) is 0 Å². The molecule has 0 radical (unpaired) electrons. The highest BCUT2D eigenvalue weighted by Gasteiger charge is 2.53. The third-order valence-electron chi connectivity index (χ3n) is 6.27. The molecule has 1 aromatic rings. The van der Waals surface area contributed by atoms with E-state index in [9.17, 15) is 23.1 Å². The van der Waals surface area contributed by atoms with Crippen molar-refractivity contribution in [1.82, 2.24) is 14.6 Å². The average molecular weight is 439 g/mol. The number of nitrogens with zero attached hydrogens (tertiary/aromatic N) is 2. The number of hydrogen-bond donors (Lipinski definition) is 3. The monoisotopic (exact) mass is 438 g/mol. The second kappa shape index (κ2) is 8.99. The average Bonchev–Trinajstić information content (AvgIpc) is 2.90. The maximum atomic E-state index is 13.8. The van der Waals surface area contributed by atoms with Crippen molar-refractivity contribution in [2.75, 3.05) is 6.54 Å². The molecule has 1 aromatic heterocycles. The summed E-state index contributed by atoms with van der Waals surface area (Å²) in [7, 11) is -4.41. The number of aromatic nitrogens is 1. The van der Waals surface area contributed by atoms with Crippen LogP contribution in [0.15, 0.2) is 29.4 Å². The maximum Gasteiger partial charge on any atom is 0.284 e. The summed E-state index contributed by atoms with van der Waals surface area (Å²) in [5.74, 6) is -1.66. The zero-order valence-corrected chi connectivity index (χ0v) is 18.0. The van der Waals surface area contributed by atoms with Crippen LogP contribution >= 0.6 is 0 Å². The van der Waals surface area contributed by atoms with Crippen molar-refractivity contribution in [2.24, 2.45) is 11.1 Å². The molecule has 1 saturated heterocycles. The van der Waals surface area contributed by atoms with Gasteiger partial charge in [0.15, 0.2) is 5.03 Å². The molecule has 1 saturated carbocycles. The van der Waals surface area contributed by atoms with Crippen molar-refractivity contribution in [3.05, 3.63) is 24.4 Å². The predicted octanol–water partition coefficient (Wildman–Crippen LogP) is 0.536. The topological polar surface area (TPSA) is 143 Å². The molecule has 9 nitrogen and oxygen atoms in total. The van der Waals surface area contributed by atoms with E-state index >= 15 is 0 Å². The Hall–Kier alpha value is -2.04. The molecular formula is C20H30N4O5S. The van der Waals surface area contributed by atoms with E-state index < -0.39 is 39.4 Å². The Morgan fingerprint density at radius 3 is 2.53 bits per heavy atom. The summed E-state index contributed by atoms with van der Waals surface area (Å²) < 4.78 is 27.9. The molecular weight excluding hydrogens is 408 g/mol. The quantitative estimate of drug-likeness (QED) is 0.569. The Labute approximate surface area is 177 Å². The van der Waals surface area contributed by atoms with Crippen LogP contribution in [0.2, 0.25) is 0 Å². The molecule has 10 heteroatoms. The summed E-state index contributed by atoms with van der Waals surface area (Å²) in [5, 5.41) is 13.6. The zero-order chi connectivity index (χ0) is 21.9. The van der Waals surface area contributed by atoms with Crippen molar-refractivity contribution in [3.63, 3.8) is 0 Å². The fourth-order valence-electron chi connectivity index (χ4n) is 4.42. The van der Waals surface area contributed by atoms with Crippen LogP contribution in [0.25, 0.3) is 0 Å². The fourth-order valence-corrected chi connectivity index (χ4v) is 6.06. The Balaban J connectivity index is 2.12. The van der Waals surface area contributed by atoms with Gasteiger partial charge in [0.05, 0.1) is 12.1 Å². The number of aliphatic hydroxyl groups is 1. The highest BCUT2D eigenvalue weighted by molar-refractivity contribution is 7.89. The third kappa shape index (κ3) is 4.21. The second-order valence-corrected chi connectivity index (χ2v) is 10.1. The Morgan fingerprint density at radius 1 is 1.23 bits per heavy atom. The van der Waals surface area contributed by atoms with Crippen LogP contribution in [-0.4, -0.2) is 59.4 Å². The predicted molar refractivity (Wildman–Crippen MR) is 109 cm³/mol. The zero-order valence-electron chi connectivity index (χ0n) is 17.2. The molecule has 0 unspecified atom stereocenters. The minimum absolute atomic E-state index is 0.0546. The van der Waals surface area contributed by atoms with E-state index in [1.54, 1.807) is 6.07 Å². The van der Waals surface area contributed by atoms with Gasteiger partial charge in [-0.2, -0.15) is 8.42 Å². The number of nitrogens with one attached hydrogen (secondary N) is 1.